The highest BCUT2D eigenvalue weighted by molar-refractivity contribution is 5.88. The lowest BCUT2D eigenvalue weighted by Gasteiger charge is -1.88. The monoisotopic (exact) mass is 181 g/mol. The molecule has 0 aliphatic rings. The first kappa shape index (κ1) is 7.66. The van der Waals surface area contributed by atoms with E-state index in [2.05, 4.69) is 9.97 Å². The van der Waals surface area contributed by atoms with Gasteiger partial charge in [0.25, 0.3) is 5.82 Å². The summed E-state index contributed by atoms with van der Waals surface area (Å²) in [7, 11) is 0. The van der Waals surface area contributed by atoms with Gasteiger partial charge in [0.1, 0.15) is 5.52 Å². The van der Waals surface area contributed by atoms with Gasteiger partial charge in [-0.25, -0.2) is 14.8 Å². The van der Waals surface area contributed by atoms with E-state index in [1.54, 1.807) is 6.07 Å². The van der Waals surface area contributed by atoms with Crippen molar-refractivity contribution in [3.05, 3.63) is 24.2 Å². The van der Waals surface area contributed by atoms with E-state index >= 15 is 0 Å². The summed E-state index contributed by atoms with van der Waals surface area (Å²) in [5.74, 6) is -2.07. The molecule has 0 amide bonds. The van der Waals surface area contributed by atoms with E-state index in [-0.39, 0.29) is 16.0 Å². The first-order valence-electron chi connectivity index (χ1n) is 3.43. The molecule has 1 N–H and O–H groups in total. The smallest absolute Gasteiger partial charge is 0.374 e. The van der Waals surface area contributed by atoms with Crippen LogP contribution in [0.15, 0.2) is 18.3 Å². The molecule has 6 heteroatoms. The van der Waals surface area contributed by atoms with Crippen LogP contribution in [0.4, 0.5) is 4.48 Å². The average Bonchev–Trinajstić information content (AvgIpc) is 2.45. The number of halogens is 1. The number of hydrogen-bond acceptors (Lipinski definition) is 3. The van der Waals surface area contributed by atoms with Crippen LogP contribution in [0.5, 0.6) is 0 Å². The standard InChI is InChI=1S/C7H4FN3O2/c8-11-5-4(2-1-3-9-5)10-6(11)7(12)13/h1-3H,(H,12,13). The molecule has 0 unspecified atom stereocenters. The van der Waals surface area contributed by atoms with Crippen molar-refractivity contribution in [2.24, 2.45) is 0 Å². The fourth-order valence-electron chi connectivity index (χ4n) is 1.02. The third-order valence-electron chi connectivity index (χ3n) is 1.56. The molecule has 0 saturated carbocycles. The maximum atomic E-state index is 13.1. The van der Waals surface area contributed by atoms with Gasteiger partial charge >= 0.3 is 5.97 Å². The molecule has 0 saturated heterocycles. The Morgan fingerprint density at radius 1 is 1.62 bits per heavy atom. The van der Waals surface area contributed by atoms with Gasteiger partial charge in [-0.3, -0.25) is 0 Å². The fraction of sp³-hybridized carbons (Fsp3) is 0. The van der Waals surface area contributed by atoms with Crippen LogP contribution >= 0.6 is 0 Å². The summed E-state index contributed by atoms with van der Waals surface area (Å²) >= 11 is 0. The summed E-state index contributed by atoms with van der Waals surface area (Å²) in [6, 6.07) is 3.05. The normalized spacial score (nSPS) is 10.5. The van der Waals surface area contributed by atoms with Crippen molar-refractivity contribution in [3.63, 3.8) is 0 Å². The average molecular weight is 181 g/mol. The number of pyridine rings is 1. The summed E-state index contributed by atoms with van der Waals surface area (Å²) in [5, 5.41) is 8.52. The van der Waals surface area contributed by atoms with Crippen LogP contribution in [0.1, 0.15) is 10.6 Å². The number of aromatic carboxylic acids is 1. The third kappa shape index (κ3) is 1.03. The lowest BCUT2D eigenvalue weighted by Crippen LogP contribution is -2.03. The number of nitrogens with zero attached hydrogens (tertiary/aromatic N) is 3. The topological polar surface area (TPSA) is 68.0 Å². The maximum absolute atomic E-state index is 13.1. The second kappa shape index (κ2) is 2.51. The number of carboxylic acid groups (broad SMARTS) is 1. The minimum absolute atomic E-state index is 0.0440. The molecule has 66 valence electrons. The van der Waals surface area contributed by atoms with Crippen molar-refractivity contribution in [1.82, 2.24) is 14.8 Å². The molecular formula is C7H4FN3O2. The molecule has 0 aliphatic carbocycles. The Morgan fingerprint density at radius 3 is 3.00 bits per heavy atom. The first-order valence-corrected chi connectivity index (χ1v) is 3.43. The molecule has 13 heavy (non-hydrogen) atoms. The highest BCUT2D eigenvalue weighted by atomic mass is 19.2. The molecule has 0 fully saturated rings. The molecule has 2 aromatic rings. The predicted molar refractivity (Wildman–Crippen MR) is 41.0 cm³/mol. The van der Waals surface area contributed by atoms with E-state index in [9.17, 15) is 9.28 Å². The van der Waals surface area contributed by atoms with E-state index in [1.807, 2.05) is 0 Å². The molecule has 0 atom stereocenters. The summed E-state index contributed by atoms with van der Waals surface area (Å²) in [5.41, 5.74) is 0.141. The van der Waals surface area contributed by atoms with Gasteiger partial charge in [0, 0.05) is 6.20 Å². The van der Waals surface area contributed by atoms with Crippen LogP contribution in [-0.4, -0.2) is 25.8 Å². The second-order valence-corrected chi connectivity index (χ2v) is 2.37. The van der Waals surface area contributed by atoms with Gasteiger partial charge in [-0.05, 0) is 12.1 Å². The number of carbonyl (C=O) groups is 1. The largest absolute Gasteiger partial charge is 0.475 e. The molecule has 0 radical (unpaired) electrons. The highest BCUT2D eigenvalue weighted by Crippen LogP contribution is 2.12. The second-order valence-electron chi connectivity index (χ2n) is 2.37. The number of carboxylic acids is 1. The molecule has 0 aliphatic heterocycles. The van der Waals surface area contributed by atoms with E-state index in [4.69, 9.17) is 5.11 Å². The van der Waals surface area contributed by atoms with Crippen molar-refractivity contribution < 1.29 is 14.4 Å². The van der Waals surface area contributed by atoms with E-state index in [1.165, 1.54) is 12.3 Å². The van der Waals surface area contributed by atoms with Gasteiger partial charge in [0.2, 0.25) is 0 Å². The maximum Gasteiger partial charge on any atom is 0.374 e. The Bertz CT molecular complexity index is 480. The Morgan fingerprint density at radius 2 is 2.38 bits per heavy atom. The fourth-order valence-corrected chi connectivity index (χ4v) is 1.02. The predicted octanol–water partition coefficient (Wildman–Crippen LogP) is 0.862. The van der Waals surface area contributed by atoms with E-state index < -0.39 is 11.8 Å². The summed E-state index contributed by atoms with van der Waals surface area (Å²) in [4.78, 5) is 17.6. The molecule has 2 aromatic heterocycles. The minimum atomic E-state index is -1.42. The van der Waals surface area contributed by atoms with Crippen molar-refractivity contribution in [2.75, 3.05) is 0 Å². The molecule has 5 nitrogen and oxygen atoms in total. The Balaban J connectivity index is 2.81. The van der Waals surface area contributed by atoms with E-state index in [0.717, 1.165) is 0 Å². The van der Waals surface area contributed by atoms with Crippen LogP contribution in [0, 0.1) is 0 Å². The van der Waals surface area contributed by atoms with Gasteiger partial charge in [-0.15, -0.1) is 4.79 Å². The van der Waals surface area contributed by atoms with Gasteiger partial charge < -0.3 is 5.11 Å². The van der Waals surface area contributed by atoms with Crippen LogP contribution in [0.25, 0.3) is 11.2 Å². The van der Waals surface area contributed by atoms with Gasteiger partial charge in [0.05, 0.1) is 0 Å². The number of aromatic nitrogens is 3. The van der Waals surface area contributed by atoms with Gasteiger partial charge in [-0.2, -0.15) is 0 Å². The van der Waals surface area contributed by atoms with Crippen molar-refractivity contribution >= 4 is 17.1 Å². The molecule has 0 bridgehead atoms. The van der Waals surface area contributed by atoms with Crippen LogP contribution < -0.4 is 0 Å². The zero-order chi connectivity index (χ0) is 9.42. The van der Waals surface area contributed by atoms with Crippen LogP contribution in [0.2, 0.25) is 0 Å². The van der Waals surface area contributed by atoms with Crippen molar-refractivity contribution in [2.45, 2.75) is 0 Å². The zero-order valence-corrected chi connectivity index (χ0v) is 6.31. The molecule has 0 aromatic carbocycles. The Kier molecular flexibility index (Phi) is 1.48. The number of fused-ring (bicyclic) bond motifs is 1. The third-order valence-corrected chi connectivity index (χ3v) is 1.56. The first-order chi connectivity index (χ1) is 6.20. The SMILES string of the molecule is O=C(O)c1nc2cccnc2n1F. The van der Waals surface area contributed by atoms with Gasteiger partial charge in [-0.1, -0.05) is 4.48 Å². The zero-order valence-electron chi connectivity index (χ0n) is 6.31. The number of rotatable bonds is 1. The lowest BCUT2D eigenvalue weighted by atomic mass is 10.4. The summed E-state index contributed by atoms with van der Waals surface area (Å²) in [6.45, 7) is 0. The molecular weight excluding hydrogens is 177 g/mol. The highest BCUT2D eigenvalue weighted by Gasteiger charge is 2.16. The molecule has 2 rings (SSSR count). The van der Waals surface area contributed by atoms with Crippen molar-refractivity contribution in [3.8, 4) is 0 Å². The molecule has 2 heterocycles. The molecule has 0 spiro atoms. The van der Waals surface area contributed by atoms with Crippen molar-refractivity contribution in [1.29, 1.82) is 0 Å². The lowest BCUT2D eigenvalue weighted by molar-refractivity contribution is 0.0666. The van der Waals surface area contributed by atoms with E-state index in [0.29, 0.717) is 0 Å². The number of hydrogen-bond donors (Lipinski definition) is 1. The van der Waals surface area contributed by atoms with Crippen LogP contribution in [-0.2, 0) is 0 Å². The number of imidazole rings is 1. The quantitative estimate of drug-likeness (QED) is 0.708. The summed E-state index contributed by atoms with van der Waals surface area (Å²) < 4.78 is 13.1. The Labute approximate surface area is 71.4 Å². The summed E-state index contributed by atoms with van der Waals surface area (Å²) in [6.07, 6.45) is 1.37. The Hall–Kier alpha value is -1.98. The minimum Gasteiger partial charge on any atom is -0.475 e. The van der Waals surface area contributed by atoms with Crippen LogP contribution in [0.3, 0.4) is 0 Å². The van der Waals surface area contributed by atoms with Gasteiger partial charge in [0.15, 0.2) is 5.65 Å².